The molecule has 0 unspecified atom stereocenters. The van der Waals surface area contributed by atoms with Gasteiger partial charge in [0.1, 0.15) is 6.26 Å². The number of thiophene rings is 1. The van der Waals surface area contributed by atoms with Gasteiger partial charge in [0, 0.05) is 6.20 Å². The zero-order valence-electron chi connectivity index (χ0n) is 11.9. The molecule has 0 spiro atoms. The Morgan fingerprint density at radius 3 is 3.00 bits per heavy atom. The highest BCUT2D eigenvalue weighted by Gasteiger charge is 2.12. The first-order chi connectivity index (χ1) is 11.2. The van der Waals surface area contributed by atoms with E-state index in [4.69, 9.17) is 4.42 Å². The first-order valence-corrected chi connectivity index (χ1v) is 7.62. The molecule has 3 rings (SSSR count). The Morgan fingerprint density at radius 1 is 1.35 bits per heavy atom. The van der Waals surface area contributed by atoms with Crippen LogP contribution in [0.5, 0.6) is 0 Å². The fraction of sp³-hybridized carbons (Fsp3) is 0.143. The van der Waals surface area contributed by atoms with Crippen molar-refractivity contribution in [2.45, 2.75) is 6.42 Å². The molecule has 118 valence electrons. The van der Waals surface area contributed by atoms with E-state index in [1.54, 1.807) is 6.20 Å². The van der Waals surface area contributed by atoms with Crippen LogP contribution in [-0.2, 0) is 16.0 Å². The molecule has 9 heteroatoms. The summed E-state index contributed by atoms with van der Waals surface area (Å²) in [7, 11) is 0. The van der Waals surface area contributed by atoms with Gasteiger partial charge in [-0.15, -0.1) is 11.3 Å². The Kier molecular flexibility index (Phi) is 4.48. The van der Waals surface area contributed by atoms with Crippen LogP contribution in [-0.4, -0.2) is 33.5 Å². The smallest absolute Gasteiger partial charge is 0.243 e. The number of carbonyl (C=O) groups excluding carboxylic acids is 2. The fourth-order valence-corrected chi connectivity index (χ4v) is 2.49. The monoisotopic (exact) mass is 331 g/mol. The van der Waals surface area contributed by atoms with Crippen LogP contribution in [0.1, 0.15) is 5.69 Å². The van der Waals surface area contributed by atoms with Crippen LogP contribution in [0.2, 0.25) is 0 Å². The van der Waals surface area contributed by atoms with Crippen molar-refractivity contribution in [1.82, 2.24) is 20.5 Å². The lowest BCUT2D eigenvalue weighted by atomic mass is 10.3. The number of aromatic nitrogens is 3. The number of H-pyrrole nitrogens is 1. The van der Waals surface area contributed by atoms with Crippen molar-refractivity contribution in [1.29, 1.82) is 0 Å². The van der Waals surface area contributed by atoms with Gasteiger partial charge >= 0.3 is 0 Å². The molecule has 0 atom stereocenters. The predicted octanol–water partition coefficient (Wildman–Crippen LogP) is 1.42. The molecule has 0 radical (unpaired) electrons. The molecule has 3 heterocycles. The second kappa shape index (κ2) is 6.88. The summed E-state index contributed by atoms with van der Waals surface area (Å²) in [5, 5.41) is 13.3. The largest absolute Gasteiger partial charge is 0.444 e. The van der Waals surface area contributed by atoms with Crippen molar-refractivity contribution in [3.05, 3.63) is 41.9 Å². The minimum absolute atomic E-state index is 0.0495. The topological polar surface area (TPSA) is 113 Å². The molecular weight excluding hydrogens is 318 g/mol. The second-order valence-corrected chi connectivity index (χ2v) is 5.56. The van der Waals surface area contributed by atoms with E-state index in [9.17, 15) is 9.59 Å². The van der Waals surface area contributed by atoms with Crippen LogP contribution < -0.4 is 10.6 Å². The van der Waals surface area contributed by atoms with Crippen molar-refractivity contribution in [3.8, 4) is 10.8 Å². The van der Waals surface area contributed by atoms with E-state index in [0.717, 1.165) is 4.88 Å². The Morgan fingerprint density at radius 2 is 2.26 bits per heavy atom. The lowest BCUT2D eigenvalue weighted by Gasteiger charge is -2.04. The summed E-state index contributed by atoms with van der Waals surface area (Å²) >= 11 is 1.51. The third kappa shape index (κ3) is 4.04. The van der Waals surface area contributed by atoms with Gasteiger partial charge in [-0.1, -0.05) is 6.07 Å². The van der Waals surface area contributed by atoms with Gasteiger partial charge in [0.15, 0.2) is 0 Å². The maximum Gasteiger partial charge on any atom is 0.243 e. The molecule has 23 heavy (non-hydrogen) atoms. The average molecular weight is 331 g/mol. The number of rotatable bonds is 6. The van der Waals surface area contributed by atoms with Crippen molar-refractivity contribution in [3.63, 3.8) is 0 Å². The summed E-state index contributed by atoms with van der Waals surface area (Å²) in [4.78, 5) is 28.6. The molecule has 0 aromatic carbocycles. The van der Waals surface area contributed by atoms with Crippen molar-refractivity contribution < 1.29 is 14.0 Å². The molecule has 2 amide bonds. The quantitative estimate of drug-likeness (QED) is 0.632. The summed E-state index contributed by atoms with van der Waals surface area (Å²) in [6.07, 6.45) is 4.51. The van der Waals surface area contributed by atoms with Gasteiger partial charge in [-0.3, -0.25) is 14.7 Å². The minimum Gasteiger partial charge on any atom is -0.444 e. The van der Waals surface area contributed by atoms with Gasteiger partial charge in [0.2, 0.25) is 17.7 Å². The Bertz CT molecular complexity index is 779. The number of aromatic amines is 1. The van der Waals surface area contributed by atoms with Gasteiger partial charge in [0.25, 0.3) is 0 Å². The predicted molar refractivity (Wildman–Crippen MR) is 83.7 cm³/mol. The van der Waals surface area contributed by atoms with E-state index >= 15 is 0 Å². The third-order valence-electron chi connectivity index (χ3n) is 2.85. The second-order valence-electron chi connectivity index (χ2n) is 4.61. The number of carbonyl (C=O) groups is 2. The first-order valence-electron chi connectivity index (χ1n) is 6.74. The Hall–Kier alpha value is -2.94. The Balaban J connectivity index is 1.47. The summed E-state index contributed by atoms with van der Waals surface area (Å²) in [6.45, 7) is -0.125. The molecule has 0 bridgehead atoms. The Labute approximate surface area is 134 Å². The van der Waals surface area contributed by atoms with Crippen LogP contribution in [0.25, 0.3) is 10.8 Å². The average Bonchev–Trinajstić information content (AvgIpc) is 3.27. The maximum atomic E-state index is 11.8. The van der Waals surface area contributed by atoms with Crippen LogP contribution >= 0.6 is 11.3 Å². The van der Waals surface area contributed by atoms with Gasteiger partial charge in [-0.05, 0) is 11.4 Å². The highest BCUT2D eigenvalue weighted by molar-refractivity contribution is 7.13. The normalized spacial score (nSPS) is 10.4. The highest BCUT2D eigenvalue weighted by atomic mass is 32.1. The summed E-state index contributed by atoms with van der Waals surface area (Å²) in [6, 6.07) is 3.79. The third-order valence-corrected chi connectivity index (χ3v) is 3.71. The van der Waals surface area contributed by atoms with Gasteiger partial charge < -0.3 is 15.1 Å². The zero-order chi connectivity index (χ0) is 16.1. The van der Waals surface area contributed by atoms with Crippen LogP contribution in [0.3, 0.4) is 0 Å². The lowest BCUT2D eigenvalue weighted by Crippen LogP contribution is -2.33. The molecular formula is C14H13N5O3S. The number of oxazole rings is 1. The van der Waals surface area contributed by atoms with Gasteiger partial charge in [0.05, 0.1) is 35.4 Å². The van der Waals surface area contributed by atoms with E-state index in [1.807, 2.05) is 17.5 Å². The van der Waals surface area contributed by atoms with E-state index in [0.29, 0.717) is 17.3 Å². The standard InChI is InChI=1S/C14H13N5O3S/c20-12(15-7-13(21)18-10-5-16-17-6-10)4-9-8-22-14(19-9)11-2-1-3-23-11/h1-3,5-6,8H,4,7H2,(H,15,20)(H,16,17)(H,18,21). The summed E-state index contributed by atoms with van der Waals surface area (Å²) in [5.74, 6) is -0.155. The zero-order valence-corrected chi connectivity index (χ0v) is 12.7. The molecule has 3 aromatic rings. The van der Waals surface area contributed by atoms with E-state index in [1.165, 1.54) is 23.8 Å². The number of anilines is 1. The summed E-state index contributed by atoms with van der Waals surface area (Å²) in [5.41, 5.74) is 1.06. The molecule has 0 aliphatic carbocycles. The summed E-state index contributed by atoms with van der Waals surface area (Å²) < 4.78 is 5.34. The minimum atomic E-state index is -0.334. The molecule has 3 aromatic heterocycles. The van der Waals surface area contributed by atoms with Crippen molar-refractivity contribution in [2.24, 2.45) is 0 Å². The highest BCUT2D eigenvalue weighted by Crippen LogP contribution is 2.23. The number of nitrogens with one attached hydrogen (secondary N) is 3. The molecule has 0 aliphatic heterocycles. The van der Waals surface area contributed by atoms with Gasteiger partial charge in [-0.25, -0.2) is 4.98 Å². The molecule has 0 aliphatic rings. The lowest BCUT2D eigenvalue weighted by molar-refractivity contribution is -0.123. The number of hydrogen-bond acceptors (Lipinski definition) is 6. The van der Waals surface area contributed by atoms with Crippen molar-refractivity contribution in [2.75, 3.05) is 11.9 Å². The number of nitrogens with zero attached hydrogens (tertiary/aromatic N) is 2. The number of hydrogen-bond donors (Lipinski definition) is 3. The molecule has 0 fully saturated rings. The van der Waals surface area contributed by atoms with Crippen molar-refractivity contribution >= 4 is 28.8 Å². The SMILES string of the molecule is O=C(Cc1coc(-c2cccs2)n1)NCC(=O)Nc1cn[nH]c1. The molecule has 0 saturated carbocycles. The molecule has 0 saturated heterocycles. The van der Waals surface area contributed by atoms with Crippen LogP contribution in [0.15, 0.2) is 40.6 Å². The molecule has 8 nitrogen and oxygen atoms in total. The van der Waals surface area contributed by atoms with Crippen LogP contribution in [0, 0.1) is 0 Å². The first kappa shape index (κ1) is 15.0. The van der Waals surface area contributed by atoms with E-state index < -0.39 is 0 Å². The number of amides is 2. The fourth-order valence-electron chi connectivity index (χ4n) is 1.83. The van der Waals surface area contributed by atoms with E-state index in [2.05, 4.69) is 25.8 Å². The van der Waals surface area contributed by atoms with Gasteiger partial charge in [-0.2, -0.15) is 5.10 Å². The maximum absolute atomic E-state index is 11.8. The van der Waals surface area contributed by atoms with E-state index in [-0.39, 0.29) is 24.8 Å². The molecule has 3 N–H and O–H groups in total. The van der Waals surface area contributed by atoms with Crippen LogP contribution in [0.4, 0.5) is 5.69 Å².